The molecule has 0 saturated heterocycles. The van der Waals surface area contributed by atoms with Gasteiger partial charge < -0.3 is 10.1 Å². The van der Waals surface area contributed by atoms with E-state index in [0.29, 0.717) is 0 Å². The maximum absolute atomic E-state index is 13.3. The lowest BCUT2D eigenvalue weighted by molar-refractivity contribution is -0.145. The Labute approximate surface area is 98.8 Å². The molecule has 2 unspecified atom stereocenters. The first-order chi connectivity index (χ1) is 7.97. The highest BCUT2D eigenvalue weighted by Gasteiger charge is 2.22. The molecule has 5 heteroatoms. The molecule has 0 spiro atoms. The maximum Gasteiger partial charge on any atom is 0.310 e. The Balaban J connectivity index is 2.81. The van der Waals surface area contributed by atoms with Crippen LogP contribution in [0.2, 0.25) is 0 Å². The molecule has 1 rings (SSSR count). The van der Waals surface area contributed by atoms with Gasteiger partial charge in [-0.05, 0) is 26.0 Å². The van der Waals surface area contributed by atoms with Crippen molar-refractivity contribution in [1.82, 2.24) is 0 Å². The summed E-state index contributed by atoms with van der Waals surface area (Å²) in [5.41, 5.74) is -0.226. The highest BCUT2D eigenvalue weighted by Crippen LogP contribution is 2.21. The lowest BCUT2D eigenvalue weighted by atomic mass is 10.0. The molecule has 2 atom stereocenters. The molecule has 0 aliphatic carbocycles. The van der Waals surface area contributed by atoms with Crippen LogP contribution >= 0.6 is 0 Å². The van der Waals surface area contributed by atoms with Gasteiger partial charge in [-0.3, -0.25) is 4.79 Å². The number of ether oxygens (including phenoxy) is 1. The van der Waals surface area contributed by atoms with Gasteiger partial charge in [-0.2, -0.15) is 0 Å². The van der Waals surface area contributed by atoms with Gasteiger partial charge in [0.15, 0.2) is 0 Å². The molecule has 1 aromatic carbocycles. The Morgan fingerprint density at radius 1 is 1.29 bits per heavy atom. The predicted octanol–water partition coefficient (Wildman–Crippen LogP) is 2.57. The monoisotopic (exact) mass is 243 g/mol. The Morgan fingerprint density at radius 2 is 1.82 bits per heavy atom. The van der Waals surface area contributed by atoms with E-state index in [1.807, 2.05) is 0 Å². The molecule has 1 aromatic rings. The zero-order valence-electron chi connectivity index (χ0n) is 9.96. The van der Waals surface area contributed by atoms with Gasteiger partial charge in [-0.25, -0.2) is 8.78 Å². The average Bonchev–Trinajstić information content (AvgIpc) is 2.31. The second-order valence-electron chi connectivity index (χ2n) is 3.84. The third kappa shape index (κ3) is 3.15. The lowest BCUT2D eigenvalue weighted by Crippen LogP contribution is -2.31. The molecular weight excluding hydrogens is 228 g/mol. The first-order valence-electron chi connectivity index (χ1n) is 5.25. The van der Waals surface area contributed by atoms with Crippen molar-refractivity contribution >= 4 is 11.7 Å². The molecule has 0 bridgehead atoms. The average molecular weight is 243 g/mol. The molecule has 94 valence electrons. The van der Waals surface area contributed by atoms with E-state index in [0.717, 1.165) is 12.1 Å². The second-order valence-corrected chi connectivity index (χ2v) is 3.84. The SMILES string of the molecule is COC(=O)C(C)C(C)Nc1c(F)cccc1F. The fraction of sp³-hybridized carbons (Fsp3) is 0.417. The fourth-order valence-corrected chi connectivity index (χ4v) is 1.38. The number of nitrogens with one attached hydrogen (secondary N) is 1. The van der Waals surface area contributed by atoms with Crippen LogP contribution in [0, 0.1) is 17.6 Å². The molecule has 0 aromatic heterocycles. The number of halogens is 2. The van der Waals surface area contributed by atoms with Crippen LogP contribution in [0.3, 0.4) is 0 Å². The third-order valence-electron chi connectivity index (χ3n) is 2.66. The van der Waals surface area contributed by atoms with Crippen LogP contribution in [0.25, 0.3) is 0 Å². The van der Waals surface area contributed by atoms with Gasteiger partial charge in [-0.15, -0.1) is 0 Å². The zero-order valence-corrected chi connectivity index (χ0v) is 9.96. The Hall–Kier alpha value is -1.65. The van der Waals surface area contributed by atoms with Crippen LogP contribution in [0.1, 0.15) is 13.8 Å². The van der Waals surface area contributed by atoms with Crippen molar-refractivity contribution in [3.05, 3.63) is 29.8 Å². The predicted molar refractivity (Wildman–Crippen MR) is 60.6 cm³/mol. The van der Waals surface area contributed by atoms with Crippen LogP contribution in [-0.2, 0) is 9.53 Å². The van der Waals surface area contributed by atoms with Crippen molar-refractivity contribution in [2.75, 3.05) is 12.4 Å². The summed E-state index contributed by atoms with van der Waals surface area (Å²) >= 11 is 0. The van der Waals surface area contributed by atoms with Gasteiger partial charge >= 0.3 is 5.97 Å². The summed E-state index contributed by atoms with van der Waals surface area (Å²) in [6.45, 7) is 3.29. The molecule has 3 nitrogen and oxygen atoms in total. The summed E-state index contributed by atoms with van der Waals surface area (Å²) in [5, 5.41) is 2.64. The molecule has 0 amide bonds. The number of hydrogen-bond acceptors (Lipinski definition) is 3. The quantitative estimate of drug-likeness (QED) is 0.826. The molecule has 0 heterocycles. The van der Waals surface area contributed by atoms with Gasteiger partial charge in [0.05, 0.1) is 13.0 Å². The molecule has 0 aliphatic heterocycles. The Kier molecular flexibility index (Phi) is 4.43. The number of esters is 1. The van der Waals surface area contributed by atoms with E-state index < -0.39 is 29.6 Å². The van der Waals surface area contributed by atoms with Crippen molar-refractivity contribution < 1.29 is 18.3 Å². The normalized spacial score (nSPS) is 13.9. The summed E-state index contributed by atoms with van der Waals surface area (Å²) in [7, 11) is 1.27. The van der Waals surface area contributed by atoms with Gasteiger partial charge in [0.2, 0.25) is 0 Å². The number of para-hydroxylation sites is 1. The van der Waals surface area contributed by atoms with E-state index in [1.54, 1.807) is 13.8 Å². The van der Waals surface area contributed by atoms with Crippen LogP contribution in [0.15, 0.2) is 18.2 Å². The van der Waals surface area contributed by atoms with Gasteiger partial charge in [0.1, 0.15) is 17.3 Å². The highest BCUT2D eigenvalue weighted by molar-refractivity contribution is 5.73. The number of anilines is 1. The summed E-state index contributed by atoms with van der Waals surface area (Å²) < 4.78 is 31.2. The maximum atomic E-state index is 13.3. The van der Waals surface area contributed by atoms with E-state index in [1.165, 1.54) is 13.2 Å². The van der Waals surface area contributed by atoms with Crippen LogP contribution in [0.4, 0.5) is 14.5 Å². The summed E-state index contributed by atoms with van der Waals surface area (Å²) in [4.78, 5) is 11.3. The smallest absolute Gasteiger partial charge is 0.310 e. The molecule has 0 fully saturated rings. The summed E-state index contributed by atoms with van der Waals surface area (Å²) in [5.74, 6) is -2.30. The van der Waals surface area contributed by atoms with Crippen molar-refractivity contribution in [1.29, 1.82) is 0 Å². The van der Waals surface area contributed by atoms with Crippen LogP contribution in [-0.4, -0.2) is 19.1 Å². The van der Waals surface area contributed by atoms with Gasteiger partial charge in [-0.1, -0.05) is 6.07 Å². The van der Waals surface area contributed by atoms with Gasteiger partial charge in [0.25, 0.3) is 0 Å². The number of rotatable bonds is 4. The minimum atomic E-state index is -0.686. The largest absolute Gasteiger partial charge is 0.469 e. The number of hydrogen-bond donors (Lipinski definition) is 1. The van der Waals surface area contributed by atoms with E-state index >= 15 is 0 Å². The number of carbonyl (C=O) groups excluding carboxylic acids is 1. The van der Waals surface area contributed by atoms with E-state index in [2.05, 4.69) is 10.1 Å². The minimum absolute atomic E-state index is 0.226. The summed E-state index contributed by atoms with van der Waals surface area (Å²) in [6, 6.07) is 3.15. The third-order valence-corrected chi connectivity index (χ3v) is 2.66. The topological polar surface area (TPSA) is 38.3 Å². The second kappa shape index (κ2) is 5.61. The standard InChI is InChI=1S/C12H15F2NO2/c1-7(12(16)17-3)8(2)15-11-9(13)5-4-6-10(11)14/h4-8,15H,1-3H3. The van der Waals surface area contributed by atoms with E-state index in [-0.39, 0.29) is 5.69 Å². The van der Waals surface area contributed by atoms with Crippen molar-refractivity contribution in [3.63, 3.8) is 0 Å². The lowest BCUT2D eigenvalue weighted by Gasteiger charge is -2.20. The van der Waals surface area contributed by atoms with Crippen molar-refractivity contribution in [2.24, 2.45) is 5.92 Å². The van der Waals surface area contributed by atoms with Gasteiger partial charge in [0, 0.05) is 6.04 Å². The molecule has 17 heavy (non-hydrogen) atoms. The minimum Gasteiger partial charge on any atom is -0.469 e. The highest BCUT2D eigenvalue weighted by atomic mass is 19.1. The number of methoxy groups -OCH3 is 1. The molecule has 0 radical (unpaired) electrons. The fourth-order valence-electron chi connectivity index (χ4n) is 1.38. The molecule has 0 aliphatic rings. The van der Waals surface area contributed by atoms with E-state index in [4.69, 9.17) is 0 Å². The van der Waals surface area contributed by atoms with Crippen LogP contribution in [0.5, 0.6) is 0 Å². The first-order valence-corrected chi connectivity index (χ1v) is 5.25. The summed E-state index contributed by atoms with van der Waals surface area (Å²) in [6.07, 6.45) is 0. The Morgan fingerprint density at radius 3 is 2.29 bits per heavy atom. The van der Waals surface area contributed by atoms with Crippen LogP contribution < -0.4 is 5.32 Å². The molecule has 1 N–H and O–H groups in total. The molecular formula is C12H15F2NO2. The number of carbonyl (C=O) groups is 1. The Bertz CT molecular complexity index is 389. The number of benzene rings is 1. The van der Waals surface area contributed by atoms with Crippen molar-refractivity contribution in [2.45, 2.75) is 19.9 Å². The first kappa shape index (κ1) is 13.4. The zero-order chi connectivity index (χ0) is 13.0. The molecule has 0 saturated carbocycles. The van der Waals surface area contributed by atoms with Crippen molar-refractivity contribution in [3.8, 4) is 0 Å². The van der Waals surface area contributed by atoms with E-state index in [9.17, 15) is 13.6 Å².